The molecule has 0 amide bonds. The van der Waals surface area contributed by atoms with E-state index in [9.17, 15) is 4.79 Å². The van der Waals surface area contributed by atoms with Gasteiger partial charge in [-0.3, -0.25) is 10.2 Å². The van der Waals surface area contributed by atoms with E-state index < -0.39 is 0 Å². The molecule has 0 aromatic heterocycles. The molecule has 1 saturated heterocycles. The van der Waals surface area contributed by atoms with Crippen molar-refractivity contribution in [2.45, 2.75) is 12.6 Å². The first-order valence-electron chi connectivity index (χ1n) is 4.86. The highest BCUT2D eigenvalue weighted by atomic mass is 16.1. The lowest BCUT2D eigenvalue weighted by atomic mass is 9.83. The number of hydrazone groups is 1. The van der Waals surface area contributed by atoms with Crippen LogP contribution < -0.4 is 16.1 Å². The van der Waals surface area contributed by atoms with Gasteiger partial charge in [0, 0.05) is 24.0 Å². The first-order valence-corrected chi connectivity index (χ1v) is 4.86. The molecule has 3 N–H and O–H groups in total. The molecule has 3 aliphatic rings. The molecule has 0 aliphatic carbocycles. The van der Waals surface area contributed by atoms with Gasteiger partial charge in [-0.15, -0.1) is 0 Å². The van der Waals surface area contributed by atoms with Gasteiger partial charge >= 0.3 is 0 Å². The molecule has 0 radical (unpaired) electrons. The molecule has 3 rings (SSSR count). The molecule has 0 saturated carbocycles. The average Bonchev–Trinajstić information content (AvgIpc) is 2.62. The molecule has 0 spiro atoms. The van der Waals surface area contributed by atoms with Crippen molar-refractivity contribution in [2.24, 2.45) is 16.9 Å². The Hall–Kier alpha value is -1.52. The number of hydrogen-bond donors (Lipinski definition) is 3. The third-order valence-electron chi connectivity index (χ3n) is 3.04. The van der Waals surface area contributed by atoms with Crippen LogP contribution in [0.3, 0.4) is 0 Å². The molecule has 5 heteroatoms. The molecule has 3 heterocycles. The zero-order valence-corrected chi connectivity index (χ0v) is 7.66. The molecule has 1 fully saturated rings. The van der Waals surface area contributed by atoms with Crippen LogP contribution in [0.15, 0.2) is 17.0 Å². The van der Waals surface area contributed by atoms with E-state index in [2.05, 4.69) is 21.2 Å². The fraction of sp³-hybridized carbons (Fsp3) is 0.556. The predicted molar refractivity (Wildman–Crippen MR) is 51.2 cm³/mol. The highest BCUT2D eigenvalue weighted by Crippen LogP contribution is 2.29. The largest absolute Gasteiger partial charge is 0.382 e. The van der Waals surface area contributed by atoms with Crippen molar-refractivity contribution in [3.63, 3.8) is 0 Å². The maximum Gasteiger partial charge on any atom is 0.160 e. The van der Waals surface area contributed by atoms with Crippen LogP contribution in [0.1, 0.15) is 6.42 Å². The van der Waals surface area contributed by atoms with Crippen molar-refractivity contribution in [1.29, 1.82) is 0 Å². The van der Waals surface area contributed by atoms with Gasteiger partial charge in [0.25, 0.3) is 0 Å². The fourth-order valence-electron chi connectivity index (χ4n) is 2.25. The Bertz CT molecular complexity index is 336. The van der Waals surface area contributed by atoms with Crippen molar-refractivity contribution in [3.8, 4) is 0 Å². The van der Waals surface area contributed by atoms with Crippen LogP contribution in [0.4, 0.5) is 0 Å². The number of rotatable bonds is 0. The number of ketones is 1. The first kappa shape index (κ1) is 7.84. The lowest BCUT2D eigenvalue weighted by molar-refractivity contribution is -0.122. The maximum atomic E-state index is 11.6. The second-order valence-electron chi connectivity index (χ2n) is 3.93. The van der Waals surface area contributed by atoms with E-state index in [-0.39, 0.29) is 17.9 Å². The zero-order chi connectivity index (χ0) is 9.54. The molecule has 0 aromatic rings. The van der Waals surface area contributed by atoms with Crippen LogP contribution in [0, 0.1) is 11.8 Å². The smallest absolute Gasteiger partial charge is 0.160 e. The van der Waals surface area contributed by atoms with Gasteiger partial charge in [0.05, 0.1) is 12.5 Å². The third kappa shape index (κ3) is 1.01. The number of carbonyl (C=O) groups excluding carboxylic acids is 1. The molecular formula is C9H12N4O. The van der Waals surface area contributed by atoms with Gasteiger partial charge in [0.15, 0.2) is 5.78 Å². The minimum Gasteiger partial charge on any atom is -0.382 e. The Labute approximate surface area is 81.6 Å². The second kappa shape index (κ2) is 2.73. The molecular weight excluding hydrogens is 180 g/mol. The van der Waals surface area contributed by atoms with E-state index in [1.54, 1.807) is 0 Å². The summed E-state index contributed by atoms with van der Waals surface area (Å²) in [6.07, 6.45) is 4.84. The molecule has 5 nitrogen and oxygen atoms in total. The molecule has 74 valence electrons. The summed E-state index contributed by atoms with van der Waals surface area (Å²) in [5, 5.41) is 10.3. The van der Waals surface area contributed by atoms with Crippen LogP contribution in [-0.4, -0.2) is 24.7 Å². The van der Waals surface area contributed by atoms with Crippen LogP contribution in [0.5, 0.6) is 0 Å². The molecule has 3 unspecified atom stereocenters. The first-order chi connectivity index (χ1) is 6.84. The normalized spacial score (nSPS) is 38.7. The highest BCUT2D eigenvalue weighted by molar-refractivity contribution is 5.87. The van der Waals surface area contributed by atoms with E-state index in [1.165, 1.54) is 0 Å². The summed E-state index contributed by atoms with van der Waals surface area (Å²) >= 11 is 0. The number of nitrogens with zero attached hydrogens (tertiary/aromatic N) is 1. The van der Waals surface area contributed by atoms with Gasteiger partial charge in [0.1, 0.15) is 6.17 Å². The molecule has 3 atom stereocenters. The second-order valence-corrected chi connectivity index (χ2v) is 3.93. The fourth-order valence-corrected chi connectivity index (χ4v) is 2.25. The summed E-state index contributed by atoms with van der Waals surface area (Å²) in [5.41, 5.74) is 3.99. The van der Waals surface area contributed by atoms with Crippen LogP contribution in [0.25, 0.3) is 0 Å². The molecule has 0 bridgehead atoms. The summed E-state index contributed by atoms with van der Waals surface area (Å²) in [7, 11) is 0. The van der Waals surface area contributed by atoms with Crippen molar-refractivity contribution >= 4 is 12.0 Å². The Morgan fingerprint density at radius 3 is 3.36 bits per heavy atom. The number of carbonyl (C=O) groups is 1. The number of nitrogens with one attached hydrogen (secondary N) is 3. The van der Waals surface area contributed by atoms with Gasteiger partial charge in [-0.1, -0.05) is 0 Å². The number of Topliss-reactive ketones (excluding diaryl/α,β-unsaturated/α-hetero) is 1. The minimum atomic E-state index is 0.0452. The highest BCUT2D eigenvalue weighted by Gasteiger charge is 2.38. The van der Waals surface area contributed by atoms with E-state index in [4.69, 9.17) is 0 Å². The predicted octanol–water partition coefficient (Wildman–Crippen LogP) is -0.859. The Kier molecular flexibility index (Phi) is 1.53. The lowest BCUT2D eigenvalue weighted by Crippen LogP contribution is -2.52. The number of hydrogen-bond acceptors (Lipinski definition) is 5. The lowest BCUT2D eigenvalue weighted by Gasteiger charge is -2.35. The van der Waals surface area contributed by atoms with Gasteiger partial charge < -0.3 is 10.6 Å². The van der Waals surface area contributed by atoms with E-state index in [0.717, 1.165) is 12.1 Å². The van der Waals surface area contributed by atoms with Crippen molar-refractivity contribution in [2.75, 3.05) is 6.54 Å². The quantitative estimate of drug-likeness (QED) is 0.467. The third-order valence-corrected chi connectivity index (χ3v) is 3.04. The standard InChI is InChI=1S/C9H12N4O/c14-8-4-10-3-7-6(8)1-5-2-11-13-9(5)12-7/h2-3,5-6,9-10,12-13H,1,4H2. The number of piperidine rings is 1. The zero-order valence-electron chi connectivity index (χ0n) is 7.66. The Balaban J connectivity index is 1.88. The molecule has 14 heavy (non-hydrogen) atoms. The van der Waals surface area contributed by atoms with E-state index >= 15 is 0 Å². The summed E-state index contributed by atoms with van der Waals surface area (Å²) < 4.78 is 0. The van der Waals surface area contributed by atoms with Gasteiger partial charge in [-0.25, -0.2) is 0 Å². The van der Waals surface area contributed by atoms with Gasteiger partial charge in [-0.05, 0) is 6.42 Å². The minimum absolute atomic E-state index is 0.0452. The number of fused-ring (bicyclic) bond motifs is 2. The summed E-state index contributed by atoms with van der Waals surface area (Å²) in [6, 6.07) is 0. The monoisotopic (exact) mass is 192 g/mol. The number of allylic oxidation sites excluding steroid dienone is 1. The van der Waals surface area contributed by atoms with Crippen LogP contribution in [0.2, 0.25) is 0 Å². The molecule has 3 aliphatic heterocycles. The topological polar surface area (TPSA) is 65.5 Å². The Morgan fingerprint density at radius 1 is 1.50 bits per heavy atom. The Morgan fingerprint density at radius 2 is 2.43 bits per heavy atom. The SMILES string of the molecule is O=C1CNC=C2NC3NN=CC3CC12. The molecule has 0 aromatic carbocycles. The van der Waals surface area contributed by atoms with E-state index in [0.29, 0.717) is 12.5 Å². The summed E-state index contributed by atoms with van der Waals surface area (Å²) in [5.74, 6) is 0.664. The summed E-state index contributed by atoms with van der Waals surface area (Å²) in [4.78, 5) is 11.6. The van der Waals surface area contributed by atoms with Crippen LogP contribution in [-0.2, 0) is 4.79 Å². The van der Waals surface area contributed by atoms with E-state index in [1.807, 2.05) is 12.4 Å². The van der Waals surface area contributed by atoms with Gasteiger partial charge in [0.2, 0.25) is 0 Å². The van der Waals surface area contributed by atoms with Crippen molar-refractivity contribution in [1.82, 2.24) is 16.1 Å². The van der Waals surface area contributed by atoms with Gasteiger partial charge in [-0.2, -0.15) is 5.10 Å². The summed E-state index contributed by atoms with van der Waals surface area (Å²) in [6.45, 7) is 0.456. The maximum absolute atomic E-state index is 11.6. The van der Waals surface area contributed by atoms with Crippen molar-refractivity contribution < 1.29 is 4.79 Å². The average molecular weight is 192 g/mol. The van der Waals surface area contributed by atoms with Crippen LogP contribution >= 0.6 is 0 Å². The van der Waals surface area contributed by atoms with Crippen molar-refractivity contribution in [3.05, 3.63) is 11.9 Å².